The van der Waals surface area contributed by atoms with E-state index in [2.05, 4.69) is 27.7 Å². The van der Waals surface area contributed by atoms with Gasteiger partial charge in [-0.15, -0.1) is 0 Å². The van der Waals surface area contributed by atoms with E-state index < -0.39 is 15.9 Å². The number of hydrogen-bond acceptors (Lipinski definition) is 5. The molecule has 35 heavy (non-hydrogen) atoms. The molecule has 0 spiro atoms. The number of piperazine rings is 1. The molecule has 0 aromatic heterocycles. The highest BCUT2D eigenvalue weighted by molar-refractivity contribution is 7.89. The smallest absolute Gasteiger partial charge is 0.255 e. The summed E-state index contributed by atoms with van der Waals surface area (Å²) < 4.78 is 28.0. The van der Waals surface area contributed by atoms with Crippen LogP contribution in [-0.4, -0.2) is 62.7 Å². The number of hydrogen-bond donors (Lipinski definition) is 2. The van der Waals surface area contributed by atoms with Gasteiger partial charge in [0.25, 0.3) is 11.8 Å². The van der Waals surface area contributed by atoms with E-state index in [4.69, 9.17) is 0 Å². The highest BCUT2D eigenvalue weighted by atomic mass is 32.2. The molecule has 4 rings (SSSR count). The van der Waals surface area contributed by atoms with Gasteiger partial charge in [0, 0.05) is 56.6 Å². The zero-order valence-corrected chi connectivity index (χ0v) is 20.3. The Morgan fingerprint density at radius 2 is 1.46 bits per heavy atom. The topological polar surface area (TPSA) is 98.8 Å². The summed E-state index contributed by atoms with van der Waals surface area (Å²) in [6, 6.07) is 22.7. The lowest BCUT2D eigenvalue weighted by Gasteiger charge is -2.34. The second-order valence-electron chi connectivity index (χ2n) is 8.31. The van der Waals surface area contributed by atoms with Gasteiger partial charge in [-0.2, -0.15) is 4.31 Å². The lowest BCUT2D eigenvalue weighted by Crippen LogP contribution is -2.48. The van der Waals surface area contributed by atoms with Crippen molar-refractivity contribution in [1.29, 1.82) is 0 Å². The number of nitrogens with one attached hydrogen (secondary N) is 2. The van der Waals surface area contributed by atoms with Crippen molar-refractivity contribution in [3.05, 3.63) is 95.6 Å². The maximum absolute atomic E-state index is 13.3. The molecule has 0 bridgehead atoms. The average molecular weight is 493 g/mol. The molecule has 1 saturated heterocycles. The summed E-state index contributed by atoms with van der Waals surface area (Å²) in [6.07, 6.45) is 0. The molecule has 0 atom stereocenters. The molecule has 3 aromatic rings. The molecule has 9 heteroatoms. The molecule has 3 aromatic carbocycles. The number of carbonyl (C=O) groups excluding carboxylic acids is 2. The predicted molar refractivity (Wildman–Crippen MR) is 135 cm³/mol. The Bertz CT molecular complexity index is 1300. The first-order valence-corrected chi connectivity index (χ1v) is 12.8. The summed E-state index contributed by atoms with van der Waals surface area (Å²) in [5.74, 6) is -0.721. The van der Waals surface area contributed by atoms with Crippen molar-refractivity contribution in [3.63, 3.8) is 0 Å². The highest BCUT2D eigenvalue weighted by Crippen LogP contribution is 2.21. The van der Waals surface area contributed by atoms with Crippen LogP contribution in [0.15, 0.2) is 83.8 Å². The largest absolute Gasteiger partial charge is 0.355 e. The van der Waals surface area contributed by atoms with Crippen LogP contribution < -0.4 is 10.6 Å². The Labute approximate surface area is 205 Å². The van der Waals surface area contributed by atoms with Gasteiger partial charge in [-0.05, 0) is 42.0 Å². The Morgan fingerprint density at radius 3 is 2.14 bits per heavy atom. The molecule has 0 aliphatic carbocycles. The summed E-state index contributed by atoms with van der Waals surface area (Å²) in [4.78, 5) is 27.0. The van der Waals surface area contributed by atoms with E-state index in [1.54, 1.807) is 36.4 Å². The van der Waals surface area contributed by atoms with E-state index in [0.29, 0.717) is 37.4 Å². The second-order valence-corrected chi connectivity index (χ2v) is 10.2. The van der Waals surface area contributed by atoms with E-state index in [9.17, 15) is 18.0 Å². The van der Waals surface area contributed by atoms with Gasteiger partial charge in [0.2, 0.25) is 10.0 Å². The molecule has 0 radical (unpaired) electrons. The fraction of sp³-hybridized carbons (Fsp3) is 0.231. The third kappa shape index (κ3) is 5.94. The number of anilines is 1. The summed E-state index contributed by atoms with van der Waals surface area (Å²) in [5, 5.41) is 5.27. The Balaban J connectivity index is 1.42. The number of benzene rings is 3. The fourth-order valence-corrected chi connectivity index (χ4v) is 5.47. The number of rotatable bonds is 7. The zero-order valence-electron chi connectivity index (χ0n) is 19.5. The maximum Gasteiger partial charge on any atom is 0.255 e. The molecule has 1 aliphatic heterocycles. The molecule has 0 unspecified atom stereocenters. The van der Waals surface area contributed by atoms with Crippen LogP contribution in [0.3, 0.4) is 0 Å². The van der Waals surface area contributed by atoms with Crippen molar-refractivity contribution in [2.75, 3.05) is 38.5 Å². The molecule has 1 fully saturated rings. The molecule has 0 saturated carbocycles. The molecule has 2 amide bonds. The molecular formula is C26H28N4O4S. The first-order valence-electron chi connectivity index (χ1n) is 11.4. The van der Waals surface area contributed by atoms with Crippen LogP contribution in [0.2, 0.25) is 0 Å². The first kappa shape index (κ1) is 24.6. The van der Waals surface area contributed by atoms with Crippen molar-refractivity contribution in [3.8, 4) is 0 Å². The Morgan fingerprint density at radius 1 is 0.800 bits per heavy atom. The molecule has 1 aliphatic rings. The monoisotopic (exact) mass is 492 g/mol. The maximum atomic E-state index is 13.3. The van der Waals surface area contributed by atoms with Crippen LogP contribution in [0.4, 0.5) is 5.69 Å². The Hall–Kier alpha value is -3.53. The van der Waals surface area contributed by atoms with Crippen molar-refractivity contribution in [2.24, 2.45) is 0 Å². The molecule has 182 valence electrons. The lowest BCUT2D eigenvalue weighted by molar-refractivity contribution is 0.0961. The Kier molecular flexibility index (Phi) is 7.60. The quantitative estimate of drug-likeness (QED) is 0.529. The van der Waals surface area contributed by atoms with E-state index in [1.165, 1.54) is 29.0 Å². The number of sulfonamides is 1. The first-order chi connectivity index (χ1) is 16.9. The molecule has 1 heterocycles. The average Bonchev–Trinajstić information content (AvgIpc) is 2.89. The van der Waals surface area contributed by atoms with Crippen LogP contribution in [0.25, 0.3) is 0 Å². The van der Waals surface area contributed by atoms with Crippen molar-refractivity contribution in [1.82, 2.24) is 14.5 Å². The minimum absolute atomic E-state index is 0.0840. The zero-order chi connectivity index (χ0) is 24.8. The fourth-order valence-electron chi connectivity index (χ4n) is 4.00. The van der Waals surface area contributed by atoms with Crippen molar-refractivity contribution >= 4 is 27.5 Å². The van der Waals surface area contributed by atoms with Crippen LogP contribution in [-0.2, 0) is 16.6 Å². The lowest BCUT2D eigenvalue weighted by atomic mass is 10.1. The molecule has 8 nitrogen and oxygen atoms in total. The normalized spacial score (nSPS) is 14.9. The van der Waals surface area contributed by atoms with Gasteiger partial charge < -0.3 is 10.6 Å². The van der Waals surface area contributed by atoms with Gasteiger partial charge in [-0.25, -0.2) is 8.42 Å². The van der Waals surface area contributed by atoms with Crippen LogP contribution in [0.1, 0.15) is 26.3 Å². The minimum Gasteiger partial charge on any atom is -0.355 e. The van der Waals surface area contributed by atoms with E-state index >= 15 is 0 Å². The highest BCUT2D eigenvalue weighted by Gasteiger charge is 2.29. The minimum atomic E-state index is -3.73. The molecular weight excluding hydrogens is 464 g/mol. The van der Waals surface area contributed by atoms with Crippen molar-refractivity contribution < 1.29 is 18.0 Å². The van der Waals surface area contributed by atoms with Gasteiger partial charge in [-0.1, -0.05) is 42.5 Å². The summed E-state index contributed by atoms with van der Waals surface area (Å²) in [5.41, 5.74) is 2.27. The van der Waals surface area contributed by atoms with Crippen molar-refractivity contribution in [2.45, 2.75) is 11.4 Å². The van der Waals surface area contributed by atoms with Gasteiger partial charge in [0.15, 0.2) is 0 Å². The van der Waals surface area contributed by atoms with Gasteiger partial charge in [0.05, 0.1) is 4.90 Å². The predicted octanol–water partition coefficient (Wildman–Crippen LogP) is 2.81. The summed E-state index contributed by atoms with van der Waals surface area (Å²) >= 11 is 0. The van der Waals surface area contributed by atoms with Crippen LogP contribution >= 0.6 is 0 Å². The second kappa shape index (κ2) is 10.8. The third-order valence-corrected chi connectivity index (χ3v) is 7.82. The third-order valence-electron chi connectivity index (χ3n) is 5.92. The molecule has 2 N–H and O–H groups in total. The SMILES string of the molecule is CNC(=O)c1cccc(NC(=O)c2cccc(S(=O)(=O)N3CCN(Cc4ccccc4)CC3)c2)c1. The van der Waals surface area contributed by atoms with Gasteiger partial charge in [0.1, 0.15) is 0 Å². The van der Waals surface area contributed by atoms with Crippen LogP contribution in [0.5, 0.6) is 0 Å². The van der Waals surface area contributed by atoms with Crippen LogP contribution in [0, 0.1) is 0 Å². The standard InChI is InChI=1S/C26H28N4O4S/c1-27-25(31)21-9-5-11-23(17-21)28-26(32)22-10-6-12-24(18-22)35(33,34)30-15-13-29(14-16-30)19-20-7-3-2-4-8-20/h2-12,17-18H,13-16,19H2,1H3,(H,27,31)(H,28,32). The summed E-state index contributed by atoms with van der Waals surface area (Å²) in [7, 11) is -2.20. The van der Waals surface area contributed by atoms with E-state index in [1.807, 2.05) is 18.2 Å². The van der Waals surface area contributed by atoms with Gasteiger partial charge in [-0.3, -0.25) is 14.5 Å². The number of nitrogens with zero attached hydrogens (tertiary/aromatic N) is 2. The summed E-state index contributed by atoms with van der Waals surface area (Å²) in [6.45, 7) is 2.83. The van der Waals surface area contributed by atoms with Gasteiger partial charge >= 0.3 is 0 Å². The number of amides is 2. The van der Waals surface area contributed by atoms with E-state index in [0.717, 1.165) is 6.54 Å². The number of carbonyl (C=O) groups is 2. The van der Waals surface area contributed by atoms with E-state index in [-0.39, 0.29) is 16.4 Å².